The van der Waals surface area contributed by atoms with Gasteiger partial charge < -0.3 is 31.5 Å². The van der Waals surface area contributed by atoms with Gasteiger partial charge in [-0.1, -0.05) is 0 Å². The number of amides is 4. The van der Waals surface area contributed by atoms with E-state index in [9.17, 15) is 55.3 Å². The number of nitrogens with one attached hydrogen (secondary N) is 4. The Morgan fingerprint density at radius 2 is 0.778 bits per heavy atom. The Balaban J connectivity index is 1.07. The number of hydrogen-bond acceptors (Lipinski definition) is 10. The third kappa shape index (κ3) is 7.96. The Labute approximate surface area is 305 Å². The lowest BCUT2D eigenvalue weighted by atomic mass is 10.1. The highest BCUT2D eigenvalue weighted by Gasteiger charge is 2.20. The van der Waals surface area contributed by atoms with Crippen molar-refractivity contribution in [3.8, 4) is 11.5 Å². The minimum absolute atomic E-state index is 0.0616. The van der Waals surface area contributed by atoms with Gasteiger partial charge in [0.25, 0.3) is 32.1 Å². The Morgan fingerprint density at radius 3 is 1.11 bits per heavy atom. The Hall–Kier alpha value is -6.86. The molecule has 0 aromatic heterocycles. The summed E-state index contributed by atoms with van der Waals surface area (Å²) in [5.41, 5.74) is 0.854. The molecule has 0 unspecified atom stereocenters. The molecule has 6 aromatic rings. The van der Waals surface area contributed by atoms with Crippen LogP contribution in [0.25, 0.3) is 21.5 Å². The molecule has 0 aliphatic rings. The first-order valence-electron chi connectivity index (χ1n) is 15.4. The molecule has 0 fully saturated rings. The topological polar surface area (TPSA) is 266 Å². The van der Waals surface area contributed by atoms with Crippen LogP contribution in [0.2, 0.25) is 0 Å². The third-order valence-electron chi connectivity index (χ3n) is 7.99. The molecule has 6 aromatic carbocycles. The number of anilines is 4. The Bertz CT molecular complexity index is 2560. The Kier molecular flexibility index (Phi) is 9.76. The van der Waals surface area contributed by atoms with Crippen LogP contribution in [0.1, 0.15) is 20.7 Å². The summed E-state index contributed by atoms with van der Waals surface area (Å²) in [4.78, 5) is 50.3. The molecule has 0 saturated heterocycles. The molecule has 0 radical (unpaired) electrons. The van der Waals surface area contributed by atoms with Crippen molar-refractivity contribution >= 4 is 88.2 Å². The van der Waals surface area contributed by atoms with Crippen molar-refractivity contribution in [3.05, 3.63) is 120 Å². The van der Waals surface area contributed by atoms with Crippen LogP contribution < -0.4 is 21.3 Å². The SMILES string of the molecule is O=C(Nc1ccc(C(=O)Nc2ccc(S(=O)(=O)O)c3ccc(O)cc23)cc1)C(=O)Nc1ccc(C(=O)Nc2ccc(S(=O)(=O)O)c3ccc(O)cc23)cc1. The predicted molar refractivity (Wildman–Crippen MR) is 197 cm³/mol. The summed E-state index contributed by atoms with van der Waals surface area (Å²) in [6.45, 7) is 0. The molecule has 0 aliphatic carbocycles. The zero-order valence-corrected chi connectivity index (χ0v) is 28.9. The van der Waals surface area contributed by atoms with E-state index in [1.54, 1.807) is 0 Å². The predicted octanol–water partition coefficient (Wildman–Crippen LogP) is 4.98. The Morgan fingerprint density at radius 1 is 0.426 bits per heavy atom. The van der Waals surface area contributed by atoms with E-state index in [1.165, 1.54) is 97.1 Å². The summed E-state index contributed by atoms with van der Waals surface area (Å²) in [5.74, 6) is -3.79. The summed E-state index contributed by atoms with van der Waals surface area (Å²) in [5, 5.41) is 30.3. The molecular weight excluding hydrogens is 745 g/mol. The number of carbonyl (C=O) groups excluding carboxylic acids is 4. The van der Waals surface area contributed by atoms with Gasteiger partial charge in [0.05, 0.1) is 0 Å². The van der Waals surface area contributed by atoms with E-state index in [-0.39, 0.29) is 66.9 Å². The largest absolute Gasteiger partial charge is 0.508 e. The van der Waals surface area contributed by atoms with Crippen LogP contribution in [0, 0.1) is 0 Å². The molecule has 54 heavy (non-hydrogen) atoms. The molecule has 18 heteroatoms. The van der Waals surface area contributed by atoms with E-state index in [1.807, 2.05) is 0 Å². The maximum atomic E-state index is 13.0. The molecule has 0 atom stereocenters. The molecule has 274 valence electrons. The lowest BCUT2D eigenvalue weighted by molar-refractivity contribution is -0.132. The number of rotatable bonds is 8. The van der Waals surface area contributed by atoms with Gasteiger partial charge >= 0.3 is 11.8 Å². The van der Waals surface area contributed by atoms with Gasteiger partial charge in [-0.05, 0) is 109 Å². The molecule has 8 N–H and O–H groups in total. The van der Waals surface area contributed by atoms with Crippen molar-refractivity contribution in [2.24, 2.45) is 0 Å². The van der Waals surface area contributed by atoms with Gasteiger partial charge in [-0.15, -0.1) is 0 Å². The maximum absolute atomic E-state index is 13.0. The van der Waals surface area contributed by atoms with Gasteiger partial charge in [-0.25, -0.2) is 0 Å². The third-order valence-corrected chi connectivity index (χ3v) is 9.81. The van der Waals surface area contributed by atoms with Crippen molar-refractivity contribution < 1.29 is 55.3 Å². The van der Waals surface area contributed by atoms with Crippen LogP contribution >= 0.6 is 0 Å². The van der Waals surface area contributed by atoms with Crippen LogP contribution in [-0.4, -0.2) is 59.8 Å². The zero-order chi connectivity index (χ0) is 38.9. The lowest BCUT2D eigenvalue weighted by Gasteiger charge is -2.12. The van der Waals surface area contributed by atoms with Crippen LogP contribution in [0.5, 0.6) is 11.5 Å². The molecule has 0 aliphatic heterocycles. The minimum atomic E-state index is -4.60. The number of phenols is 2. The van der Waals surface area contributed by atoms with E-state index < -0.39 is 53.7 Å². The van der Waals surface area contributed by atoms with Crippen LogP contribution in [0.4, 0.5) is 22.7 Å². The van der Waals surface area contributed by atoms with E-state index in [4.69, 9.17) is 0 Å². The highest BCUT2D eigenvalue weighted by Crippen LogP contribution is 2.34. The second-order valence-electron chi connectivity index (χ2n) is 11.6. The van der Waals surface area contributed by atoms with Gasteiger partial charge in [0.15, 0.2) is 0 Å². The van der Waals surface area contributed by atoms with Gasteiger partial charge in [0.1, 0.15) is 21.3 Å². The average Bonchev–Trinajstić information content (AvgIpc) is 3.11. The average molecular weight is 771 g/mol. The fourth-order valence-corrected chi connectivity index (χ4v) is 6.85. The number of benzene rings is 6. The molecule has 0 spiro atoms. The number of carbonyl (C=O) groups is 4. The highest BCUT2D eigenvalue weighted by molar-refractivity contribution is 7.86. The number of aromatic hydroxyl groups is 2. The van der Waals surface area contributed by atoms with E-state index in [0.29, 0.717) is 0 Å². The maximum Gasteiger partial charge on any atom is 0.314 e. The molecule has 0 saturated carbocycles. The van der Waals surface area contributed by atoms with E-state index in [2.05, 4.69) is 21.3 Å². The first kappa shape index (κ1) is 36.9. The molecular formula is C36H26N4O12S2. The fraction of sp³-hybridized carbons (Fsp3) is 0. The van der Waals surface area contributed by atoms with Crippen molar-refractivity contribution in [1.82, 2.24) is 0 Å². The van der Waals surface area contributed by atoms with Crippen LogP contribution in [-0.2, 0) is 29.8 Å². The zero-order valence-electron chi connectivity index (χ0n) is 27.3. The molecule has 0 bridgehead atoms. The standard InChI is InChI=1S/C36H26N4O12S2/c41-23-9-11-25-27(17-23)29(13-15-31(25)53(47,48)49)39-33(43)19-1-5-21(6-2-19)37-35(45)36(46)38-22-7-3-20(4-8-22)34(44)40-30-14-16-32(54(50,51)52)26-12-10-24(42)18-28(26)30/h1-18,41-42H,(H,37,45)(H,38,46)(H,39,43)(H,40,44)(H,47,48,49)(H,50,51,52). The molecule has 0 heterocycles. The number of hydrogen-bond donors (Lipinski definition) is 8. The van der Waals surface area contributed by atoms with Crippen molar-refractivity contribution in [1.29, 1.82) is 0 Å². The van der Waals surface area contributed by atoms with Gasteiger partial charge in [-0.2, -0.15) is 16.8 Å². The summed E-state index contributed by atoms with van der Waals surface area (Å²) in [6, 6.07) is 23.0. The van der Waals surface area contributed by atoms with Crippen LogP contribution in [0.3, 0.4) is 0 Å². The normalized spacial score (nSPS) is 11.5. The summed E-state index contributed by atoms with van der Waals surface area (Å²) in [7, 11) is -9.20. The van der Waals surface area contributed by atoms with Gasteiger partial charge in [0, 0.05) is 55.4 Å². The van der Waals surface area contributed by atoms with E-state index >= 15 is 0 Å². The lowest BCUT2D eigenvalue weighted by Crippen LogP contribution is -2.29. The highest BCUT2D eigenvalue weighted by atomic mass is 32.2. The summed E-state index contributed by atoms with van der Waals surface area (Å²) < 4.78 is 66.3. The molecule has 16 nitrogen and oxygen atoms in total. The number of fused-ring (bicyclic) bond motifs is 2. The molecule has 4 amide bonds. The minimum Gasteiger partial charge on any atom is -0.508 e. The molecule has 6 rings (SSSR count). The second-order valence-corrected chi connectivity index (χ2v) is 14.4. The number of phenolic OH excluding ortho intramolecular Hbond substituents is 2. The van der Waals surface area contributed by atoms with Crippen LogP contribution in [0.15, 0.2) is 119 Å². The summed E-state index contributed by atoms with van der Waals surface area (Å²) in [6.07, 6.45) is 0. The monoisotopic (exact) mass is 770 g/mol. The first-order valence-corrected chi connectivity index (χ1v) is 18.3. The smallest absolute Gasteiger partial charge is 0.314 e. The summed E-state index contributed by atoms with van der Waals surface area (Å²) >= 11 is 0. The van der Waals surface area contributed by atoms with Crippen molar-refractivity contribution in [2.75, 3.05) is 21.3 Å². The first-order chi connectivity index (χ1) is 25.5. The van der Waals surface area contributed by atoms with Gasteiger partial charge in [0.2, 0.25) is 0 Å². The van der Waals surface area contributed by atoms with Crippen molar-refractivity contribution in [2.45, 2.75) is 9.79 Å². The van der Waals surface area contributed by atoms with Crippen molar-refractivity contribution in [3.63, 3.8) is 0 Å². The fourth-order valence-electron chi connectivity index (χ4n) is 5.46. The second kappa shape index (κ2) is 14.3. The van der Waals surface area contributed by atoms with Gasteiger partial charge in [-0.3, -0.25) is 28.3 Å². The van der Waals surface area contributed by atoms with E-state index in [0.717, 1.165) is 12.1 Å². The quantitative estimate of drug-likeness (QED) is 0.0753.